The Bertz CT molecular complexity index is 709. The maximum absolute atomic E-state index is 11.5. The van der Waals surface area contributed by atoms with Gasteiger partial charge in [0.15, 0.2) is 0 Å². The molecule has 0 fully saturated rings. The van der Waals surface area contributed by atoms with Crippen LogP contribution in [0, 0.1) is 13.8 Å². The van der Waals surface area contributed by atoms with E-state index in [1.807, 2.05) is 24.3 Å². The van der Waals surface area contributed by atoms with Crippen LogP contribution < -0.4 is 4.74 Å². The molecule has 23 heavy (non-hydrogen) atoms. The van der Waals surface area contributed by atoms with Crippen LogP contribution in [0.5, 0.6) is 5.75 Å². The molecular formula is C20H22O3. The lowest BCUT2D eigenvalue weighted by molar-refractivity contribution is -0.137. The highest BCUT2D eigenvalue weighted by Gasteiger charge is 2.11. The lowest BCUT2D eigenvalue weighted by Gasteiger charge is -2.14. The first-order chi connectivity index (χ1) is 11.1. The Hall–Kier alpha value is -2.55. The summed E-state index contributed by atoms with van der Waals surface area (Å²) in [5.41, 5.74) is 5.49. The van der Waals surface area contributed by atoms with Crippen molar-refractivity contribution in [3.8, 4) is 16.9 Å². The van der Waals surface area contributed by atoms with Crippen molar-refractivity contribution in [3.05, 3.63) is 59.2 Å². The molecule has 0 saturated heterocycles. The number of benzene rings is 2. The first-order valence-corrected chi connectivity index (χ1v) is 7.66. The van der Waals surface area contributed by atoms with Gasteiger partial charge in [0.05, 0.1) is 13.7 Å². The summed E-state index contributed by atoms with van der Waals surface area (Å²) in [5.74, 6) is 0.479. The van der Waals surface area contributed by atoms with Crippen molar-refractivity contribution < 1.29 is 14.3 Å². The summed E-state index contributed by atoms with van der Waals surface area (Å²) in [4.78, 5) is 11.5. The van der Waals surface area contributed by atoms with Crippen LogP contribution in [0.2, 0.25) is 0 Å². The monoisotopic (exact) mass is 310 g/mol. The summed E-state index contributed by atoms with van der Waals surface area (Å²) in [6.07, 6.45) is 3.20. The molecule has 2 rings (SSSR count). The molecular weight excluding hydrogens is 288 g/mol. The van der Waals surface area contributed by atoms with Crippen molar-refractivity contribution in [1.29, 1.82) is 0 Å². The number of carbonyl (C=O) groups excluding carboxylic acids is 1. The van der Waals surface area contributed by atoms with E-state index >= 15 is 0 Å². The molecule has 0 heterocycles. The first kappa shape index (κ1) is 16.8. The zero-order chi connectivity index (χ0) is 16.8. The molecule has 0 aliphatic carbocycles. The van der Waals surface area contributed by atoms with Crippen LogP contribution in [0.3, 0.4) is 0 Å². The second kappa shape index (κ2) is 7.63. The fourth-order valence-corrected chi connectivity index (χ4v) is 2.62. The summed E-state index contributed by atoms with van der Waals surface area (Å²) in [6, 6.07) is 12.1. The Labute approximate surface area is 137 Å². The van der Waals surface area contributed by atoms with Gasteiger partial charge in [-0.1, -0.05) is 24.3 Å². The Morgan fingerprint density at radius 1 is 1.13 bits per heavy atom. The largest absolute Gasteiger partial charge is 0.496 e. The highest BCUT2D eigenvalue weighted by Crippen LogP contribution is 2.35. The molecule has 3 heteroatoms. The van der Waals surface area contributed by atoms with Crippen LogP contribution in [0.1, 0.15) is 23.6 Å². The first-order valence-electron chi connectivity index (χ1n) is 7.66. The molecule has 0 atom stereocenters. The average molecular weight is 310 g/mol. The fraction of sp³-hybridized carbons (Fsp3) is 0.250. The van der Waals surface area contributed by atoms with Gasteiger partial charge in [0.1, 0.15) is 5.75 Å². The minimum atomic E-state index is -0.336. The highest BCUT2D eigenvalue weighted by atomic mass is 16.5. The second-order valence-corrected chi connectivity index (χ2v) is 5.31. The lowest BCUT2D eigenvalue weighted by Crippen LogP contribution is -1.98. The zero-order valence-corrected chi connectivity index (χ0v) is 14.1. The molecule has 120 valence electrons. The Kier molecular flexibility index (Phi) is 5.58. The van der Waals surface area contributed by atoms with E-state index in [9.17, 15) is 4.79 Å². The van der Waals surface area contributed by atoms with Crippen LogP contribution in [0.4, 0.5) is 0 Å². The van der Waals surface area contributed by atoms with E-state index in [2.05, 4.69) is 26.0 Å². The third kappa shape index (κ3) is 4.01. The molecule has 0 amide bonds. The standard InChI is InChI=1S/C20H22O3/c1-5-23-19(21)12-10-16-9-11-18(22-4)17(13-16)20-14(2)7-6-8-15(20)3/h6-13H,5H2,1-4H3/b12-10+. The summed E-state index contributed by atoms with van der Waals surface area (Å²) >= 11 is 0. The molecule has 0 aliphatic rings. The molecule has 0 saturated carbocycles. The third-order valence-electron chi connectivity index (χ3n) is 3.67. The number of rotatable bonds is 5. The number of methoxy groups -OCH3 is 1. The SMILES string of the molecule is CCOC(=O)/C=C/c1ccc(OC)c(-c2c(C)cccc2C)c1. The van der Waals surface area contributed by atoms with Crippen molar-refractivity contribution in [2.24, 2.45) is 0 Å². The van der Waals surface area contributed by atoms with Gasteiger partial charge in [-0.15, -0.1) is 0 Å². The summed E-state index contributed by atoms with van der Waals surface area (Å²) in [6.45, 7) is 6.34. The van der Waals surface area contributed by atoms with E-state index in [4.69, 9.17) is 9.47 Å². The number of hydrogen-bond donors (Lipinski definition) is 0. The van der Waals surface area contributed by atoms with Gasteiger partial charge in [-0.25, -0.2) is 4.79 Å². The zero-order valence-electron chi connectivity index (χ0n) is 14.1. The number of ether oxygens (including phenoxy) is 2. The Morgan fingerprint density at radius 3 is 2.43 bits per heavy atom. The van der Waals surface area contributed by atoms with Crippen LogP contribution >= 0.6 is 0 Å². The van der Waals surface area contributed by atoms with Gasteiger partial charge in [-0.05, 0) is 61.2 Å². The van der Waals surface area contributed by atoms with Gasteiger partial charge in [0.2, 0.25) is 0 Å². The van der Waals surface area contributed by atoms with Gasteiger partial charge in [-0.2, -0.15) is 0 Å². The van der Waals surface area contributed by atoms with Crippen molar-refractivity contribution in [2.45, 2.75) is 20.8 Å². The van der Waals surface area contributed by atoms with Crippen molar-refractivity contribution >= 4 is 12.0 Å². The second-order valence-electron chi connectivity index (χ2n) is 5.31. The third-order valence-corrected chi connectivity index (χ3v) is 3.67. The molecule has 0 radical (unpaired) electrons. The average Bonchev–Trinajstić information content (AvgIpc) is 2.53. The fourth-order valence-electron chi connectivity index (χ4n) is 2.62. The quantitative estimate of drug-likeness (QED) is 0.600. The van der Waals surface area contributed by atoms with Gasteiger partial charge in [-0.3, -0.25) is 0 Å². The smallest absolute Gasteiger partial charge is 0.330 e. The van der Waals surface area contributed by atoms with E-state index in [0.717, 1.165) is 22.4 Å². The van der Waals surface area contributed by atoms with Crippen molar-refractivity contribution in [2.75, 3.05) is 13.7 Å². The molecule has 3 nitrogen and oxygen atoms in total. The minimum absolute atomic E-state index is 0.336. The number of aryl methyl sites for hydroxylation is 2. The topological polar surface area (TPSA) is 35.5 Å². The van der Waals surface area contributed by atoms with E-state index in [1.165, 1.54) is 17.2 Å². The summed E-state index contributed by atoms with van der Waals surface area (Å²) in [5, 5.41) is 0. The molecule has 2 aromatic carbocycles. The van der Waals surface area contributed by atoms with E-state index in [0.29, 0.717) is 6.61 Å². The summed E-state index contributed by atoms with van der Waals surface area (Å²) < 4.78 is 10.4. The van der Waals surface area contributed by atoms with Gasteiger partial charge in [0, 0.05) is 11.6 Å². The molecule has 0 bridgehead atoms. The van der Waals surface area contributed by atoms with Gasteiger partial charge >= 0.3 is 5.97 Å². The number of hydrogen-bond acceptors (Lipinski definition) is 3. The molecule has 0 aromatic heterocycles. The van der Waals surface area contributed by atoms with Crippen LogP contribution in [-0.4, -0.2) is 19.7 Å². The molecule has 0 unspecified atom stereocenters. The van der Waals surface area contributed by atoms with Crippen molar-refractivity contribution in [1.82, 2.24) is 0 Å². The highest BCUT2D eigenvalue weighted by molar-refractivity contribution is 5.88. The molecule has 0 N–H and O–H groups in total. The van der Waals surface area contributed by atoms with E-state index < -0.39 is 0 Å². The maximum Gasteiger partial charge on any atom is 0.330 e. The van der Waals surface area contributed by atoms with E-state index in [-0.39, 0.29) is 5.97 Å². The van der Waals surface area contributed by atoms with E-state index in [1.54, 1.807) is 20.1 Å². The predicted molar refractivity (Wildman–Crippen MR) is 93.6 cm³/mol. The minimum Gasteiger partial charge on any atom is -0.496 e. The molecule has 0 aliphatic heterocycles. The maximum atomic E-state index is 11.5. The summed E-state index contributed by atoms with van der Waals surface area (Å²) in [7, 11) is 1.67. The normalized spacial score (nSPS) is 10.8. The van der Waals surface area contributed by atoms with Crippen LogP contribution in [-0.2, 0) is 9.53 Å². The van der Waals surface area contributed by atoms with Crippen LogP contribution in [0.25, 0.3) is 17.2 Å². The molecule has 0 spiro atoms. The number of esters is 1. The Balaban J connectivity index is 2.47. The Morgan fingerprint density at radius 2 is 1.83 bits per heavy atom. The van der Waals surface area contributed by atoms with Crippen molar-refractivity contribution in [3.63, 3.8) is 0 Å². The molecule has 2 aromatic rings. The van der Waals surface area contributed by atoms with Gasteiger partial charge in [0.25, 0.3) is 0 Å². The van der Waals surface area contributed by atoms with Gasteiger partial charge < -0.3 is 9.47 Å². The van der Waals surface area contributed by atoms with Crippen LogP contribution in [0.15, 0.2) is 42.5 Å². The number of carbonyl (C=O) groups is 1. The predicted octanol–water partition coefficient (Wildman–Crippen LogP) is 4.56. The lowest BCUT2D eigenvalue weighted by atomic mass is 9.94.